The Labute approximate surface area is 61.1 Å². The van der Waals surface area contributed by atoms with Crippen LogP contribution in [0.2, 0.25) is 0 Å². The van der Waals surface area contributed by atoms with Crippen LogP contribution in [0.15, 0.2) is 12.7 Å². The van der Waals surface area contributed by atoms with Gasteiger partial charge in [-0.1, -0.05) is 6.08 Å². The van der Waals surface area contributed by atoms with E-state index in [4.69, 9.17) is 4.74 Å². The number of ether oxygens (including phenoxy) is 1. The fraction of sp³-hybridized carbons (Fsp3) is 0.778. The lowest BCUT2D eigenvalue weighted by Crippen LogP contribution is -2.17. The lowest BCUT2D eigenvalue weighted by molar-refractivity contribution is 0.236. The molecule has 2 aliphatic carbocycles. The van der Waals surface area contributed by atoms with Crippen LogP contribution in [-0.2, 0) is 4.74 Å². The molecule has 3 atom stereocenters. The number of hydrogen-bond donors (Lipinski definition) is 0. The monoisotopic (exact) mass is 136 g/mol. The third kappa shape index (κ3) is 0.344. The fourth-order valence-corrected chi connectivity index (χ4v) is 3.05. The van der Waals surface area contributed by atoms with Crippen LogP contribution in [0.4, 0.5) is 0 Å². The van der Waals surface area contributed by atoms with E-state index in [9.17, 15) is 0 Å². The minimum absolute atomic E-state index is 0.163. The van der Waals surface area contributed by atoms with Crippen LogP contribution in [-0.4, -0.2) is 11.2 Å². The Morgan fingerprint density at radius 2 is 2.40 bits per heavy atom. The van der Waals surface area contributed by atoms with Gasteiger partial charge in [0.05, 0.1) is 0 Å². The second kappa shape index (κ2) is 1.20. The van der Waals surface area contributed by atoms with Crippen LogP contribution < -0.4 is 0 Å². The Kier molecular flexibility index (Phi) is 0.646. The van der Waals surface area contributed by atoms with Crippen LogP contribution in [0.25, 0.3) is 0 Å². The molecule has 1 saturated heterocycles. The largest absolute Gasteiger partial charge is 0.358 e. The van der Waals surface area contributed by atoms with E-state index < -0.39 is 0 Å². The lowest BCUT2D eigenvalue weighted by atomic mass is 9.89. The quantitative estimate of drug-likeness (QED) is 0.396. The highest BCUT2D eigenvalue weighted by molar-refractivity contribution is 5.31. The van der Waals surface area contributed by atoms with E-state index in [0.29, 0.717) is 5.60 Å². The molecule has 0 aromatic heterocycles. The van der Waals surface area contributed by atoms with E-state index in [0.717, 1.165) is 5.92 Å². The average molecular weight is 136 g/mol. The molecular weight excluding hydrogens is 124 g/mol. The molecule has 1 heteroatoms. The highest BCUT2D eigenvalue weighted by Gasteiger charge is 2.75. The average Bonchev–Trinajstić information content (AvgIpc) is 2.26. The van der Waals surface area contributed by atoms with Crippen molar-refractivity contribution in [2.24, 2.45) is 5.92 Å². The van der Waals surface area contributed by atoms with Crippen molar-refractivity contribution in [3.63, 3.8) is 0 Å². The van der Waals surface area contributed by atoms with Crippen molar-refractivity contribution >= 4 is 0 Å². The maximum absolute atomic E-state index is 5.75. The molecule has 10 heavy (non-hydrogen) atoms. The van der Waals surface area contributed by atoms with Gasteiger partial charge in [-0.3, -0.25) is 0 Å². The van der Waals surface area contributed by atoms with Gasteiger partial charge in [-0.2, -0.15) is 0 Å². The summed E-state index contributed by atoms with van der Waals surface area (Å²) in [6.07, 6.45) is 7.31. The third-order valence-electron chi connectivity index (χ3n) is 3.60. The zero-order valence-electron chi connectivity index (χ0n) is 6.10. The van der Waals surface area contributed by atoms with Crippen molar-refractivity contribution in [3.05, 3.63) is 12.7 Å². The Balaban J connectivity index is 2.05. The summed E-state index contributed by atoms with van der Waals surface area (Å²) in [5.41, 5.74) is 0.468. The van der Waals surface area contributed by atoms with Gasteiger partial charge in [-0.25, -0.2) is 0 Å². The van der Waals surface area contributed by atoms with Crippen LogP contribution >= 0.6 is 0 Å². The molecule has 1 heterocycles. The third-order valence-corrected chi connectivity index (χ3v) is 3.60. The molecule has 2 bridgehead atoms. The second-order valence-corrected chi connectivity index (χ2v) is 4.00. The smallest absolute Gasteiger partial charge is 0.116 e. The Morgan fingerprint density at radius 3 is 2.80 bits per heavy atom. The van der Waals surface area contributed by atoms with Crippen LogP contribution in [0.1, 0.15) is 25.7 Å². The Hall–Kier alpha value is -0.300. The van der Waals surface area contributed by atoms with Gasteiger partial charge >= 0.3 is 0 Å². The molecule has 1 spiro atoms. The minimum Gasteiger partial charge on any atom is -0.358 e. The van der Waals surface area contributed by atoms with Crippen LogP contribution in [0.3, 0.4) is 0 Å². The van der Waals surface area contributed by atoms with Crippen LogP contribution in [0.5, 0.6) is 0 Å². The second-order valence-electron chi connectivity index (χ2n) is 4.00. The molecule has 0 N–H and O–H groups in total. The first-order valence-corrected chi connectivity index (χ1v) is 4.14. The molecule has 3 unspecified atom stereocenters. The summed E-state index contributed by atoms with van der Waals surface area (Å²) in [4.78, 5) is 0. The summed E-state index contributed by atoms with van der Waals surface area (Å²) in [5, 5.41) is 0. The molecule has 1 aliphatic heterocycles. The maximum Gasteiger partial charge on any atom is 0.116 e. The van der Waals surface area contributed by atoms with Gasteiger partial charge in [0.25, 0.3) is 0 Å². The molecule has 0 aromatic carbocycles. The predicted octanol–water partition coefficient (Wildman–Crippen LogP) is 1.88. The summed E-state index contributed by atoms with van der Waals surface area (Å²) in [6.45, 7) is 3.84. The van der Waals surface area contributed by atoms with Crippen molar-refractivity contribution in [2.75, 3.05) is 0 Å². The summed E-state index contributed by atoms with van der Waals surface area (Å²) in [5.74, 6) is 0.965. The topological polar surface area (TPSA) is 12.5 Å². The van der Waals surface area contributed by atoms with E-state index in [1.165, 1.54) is 25.7 Å². The zero-order valence-corrected chi connectivity index (χ0v) is 6.10. The summed E-state index contributed by atoms with van der Waals surface area (Å²) < 4.78 is 5.75. The number of fused-ring (bicyclic) bond motifs is 1. The summed E-state index contributed by atoms with van der Waals surface area (Å²) in [6, 6.07) is 0. The highest BCUT2D eigenvalue weighted by Crippen LogP contribution is 2.69. The lowest BCUT2D eigenvalue weighted by Gasteiger charge is -2.10. The number of rotatable bonds is 1. The Morgan fingerprint density at radius 1 is 1.50 bits per heavy atom. The van der Waals surface area contributed by atoms with Gasteiger partial charge in [0.15, 0.2) is 0 Å². The standard InChI is InChI=1S/C9H12O/c1-2-8-5-7-3-4-9(8,6-7)10-8/h2,7H,1,3-6H2. The van der Waals surface area contributed by atoms with E-state index >= 15 is 0 Å². The van der Waals surface area contributed by atoms with Crippen molar-refractivity contribution in [1.29, 1.82) is 0 Å². The summed E-state index contributed by atoms with van der Waals surface area (Å²) in [7, 11) is 0. The molecular formula is C9H12O. The Bertz CT molecular complexity index is 211. The van der Waals surface area contributed by atoms with Gasteiger partial charge in [0.2, 0.25) is 0 Å². The SMILES string of the molecule is C=CC12CC3CCC1(C3)O2. The maximum atomic E-state index is 5.75. The molecule has 0 amide bonds. The molecule has 1 nitrogen and oxygen atoms in total. The van der Waals surface area contributed by atoms with E-state index in [1.54, 1.807) is 0 Å². The molecule has 0 radical (unpaired) electrons. The van der Waals surface area contributed by atoms with Crippen molar-refractivity contribution in [2.45, 2.75) is 36.9 Å². The molecule has 3 aliphatic rings. The van der Waals surface area contributed by atoms with Gasteiger partial charge in [0.1, 0.15) is 11.2 Å². The number of hydrogen-bond acceptors (Lipinski definition) is 1. The van der Waals surface area contributed by atoms with Gasteiger partial charge in [-0.05, 0) is 31.6 Å². The van der Waals surface area contributed by atoms with E-state index in [1.807, 2.05) is 6.08 Å². The summed E-state index contributed by atoms with van der Waals surface area (Å²) >= 11 is 0. The predicted molar refractivity (Wildman–Crippen MR) is 38.7 cm³/mol. The zero-order chi connectivity index (χ0) is 6.82. The molecule has 3 fully saturated rings. The van der Waals surface area contributed by atoms with E-state index in [2.05, 4.69) is 6.58 Å². The van der Waals surface area contributed by atoms with Crippen molar-refractivity contribution in [3.8, 4) is 0 Å². The highest BCUT2D eigenvalue weighted by atomic mass is 16.6. The van der Waals surface area contributed by atoms with Gasteiger partial charge in [-0.15, -0.1) is 6.58 Å². The minimum atomic E-state index is 0.163. The molecule has 0 aromatic rings. The normalized spacial score (nSPS) is 62.2. The molecule has 3 rings (SSSR count). The first-order chi connectivity index (χ1) is 4.80. The molecule has 2 saturated carbocycles. The van der Waals surface area contributed by atoms with Gasteiger partial charge in [0, 0.05) is 0 Å². The van der Waals surface area contributed by atoms with Crippen molar-refractivity contribution < 1.29 is 4.74 Å². The fourth-order valence-electron chi connectivity index (χ4n) is 3.05. The first kappa shape index (κ1) is 5.36. The first-order valence-electron chi connectivity index (χ1n) is 4.14. The van der Waals surface area contributed by atoms with Gasteiger partial charge < -0.3 is 4.74 Å². The van der Waals surface area contributed by atoms with E-state index in [-0.39, 0.29) is 5.60 Å². The van der Waals surface area contributed by atoms with Crippen LogP contribution in [0, 0.1) is 5.92 Å². The van der Waals surface area contributed by atoms with Crippen molar-refractivity contribution in [1.82, 2.24) is 0 Å². The molecule has 54 valence electrons. The number of epoxide rings is 1.